The highest BCUT2D eigenvalue weighted by Crippen LogP contribution is 2.28. The summed E-state index contributed by atoms with van der Waals surface area (Å²) in [5.41, 5.74) is 0.983. The van der Waals surface area contributed by atoms with Crippen LogP contribution in [0.5, 0.6) is 0 Å². The number of ether oxygens (including phenoxy) is 1. The Bertz CT molecular complexity index is 371. The maximum Gasteiger partial charge on any atom is 0.334 e. The van der Waals surface area contributed by atoms with E-state index < -0.39 is 12.1 Å². The third-order valence-corrected chi connectivity index (χ3v) is 2.89. The highest BCUT2D eigenvalue weighted by atomic mass is 35.5. The van der Waals surface area contributed by atoms with Gasteiger partial charge in [0.05, 0.1) is 12.6 Å². The summed E-state index contributed by atoms with van der Waals surface area (Å²) in [5.74, 6) is -0.902. The van der Waals surface area contributed by atoms with Crippen LogP contribution in [-0.2, 0) is 9.53 Å². The molecule has 4 nitrogen and oxygen atoms in total. The smallest absolute Gasteiger partial charge is 0.334 e. The predicted molar refractivity (Wildman–Crippen MR) is 66.4 cm³/mol. The Morgan fingerprint density at radius 2 is 2.06 bits per heavy atom. The normalized spacial score (nSPS) is 25.0. The molecule has 0 spiro atoms. The van der Waals surface area contributed by atoms with Crippen molar-refractivity contribution in [1.29, 1.82) is 0 Å². The van der Waals surface area contributed by atoms with Crippen molar-refractivity contribution in [2.24, 2.45) is 0 Å². The lowest BCUT2D eigenvalue weighted by atomic mass is 9.99. The Labute approximate surface area is 107 Å². The minimum Gasteiger partial charge on any atom is -0.479 e. The number of carboxylic acid groups (broad SMARTS) is 1. The van der Waals surface area contributed by atoms with Crippen LogP contribution >= 0.6 is 12.4 Å². The number of halogens is 1. The summed E-state index contributed by atoms with van der Waals surface area (Å²) in [7, 11) is 1.93. The summed E-state index contributed by atoms with van der Waals surface area (Å²) in [6.45, 7) is 1.22. The number of carbonyl (C=O) groups is 1. The minimum atomic E-state index is -0.902. The van der Waals surface area contributed by atoms with E-state index in [-0.39, 0.29) is 18.4 Å². The van der Waals surface area contributed by atoms with E-state index in [1.165, 1.54) is 0 Å². The molecule has 0 aliphatic carbocycles. The van der Waals surface area contributed by atoms with Crippen molar-refractivity contribution in [3.05, 3.63) is 35.9 Å². The fourth-order valence-electron chi connectivity index (χ4n) is 2.07. The van der Waals surface area contributed by atoms with Gasteiger partial charge in [-0.05, 0) is 12.6 Å². The topological polar surface area (TPSA) is 49.8 Å². The van der Waals surface area contributed by atoms with Crippen molar-refractivity contribution < 1.29 is 14.6 Å². The number of carboxylic acids is 1. The lowest BCUT2D eigenvalue weighted by molar-refractivity contribution is -0.162. The number of morpholine rings is 1. The molecule has 1 aliphatic heterocycles. The SMILES string of the molecule is CN1CCOC(C(=O)O)C1c1ccccc1.Cl. The van der Waals surface area contributed by atoms with E-state index in [2.05, 4.69) is 0 Å². The number of benzene rings is 1. The Hall–Kier alpha value is -1.10. The van der Waals surface area contributed by atoms with Crippen molar-refractivity contribution in [1.82, 2.24) is 4.90 Å². The fourth-order valence-corrected chi connectivity index (χ4v) is 2.07. The molecule has 94 valence electrons. The third kappa shape index (κ3) is 2.97. The van der Waals surface area contributed by atoms with Gasteiger partial charge in [-0.25, -0.2) is 4.79 Å². The molecule has 0 saturated carbocycles. The van der Waals surface area contributed by atoms with Crippen molar-refractivity contribution in [2.75, 3.05) is 20.2 Å². The molecule has 5 heteroatoms. The third-order valence-electron chi connectivity index (χ3n) is 2.89. The second-order valence-corrected chi connectivity index (χ2v) is 3.97. The molecule has 1 saturated heterocycles. The van der Waals surface area contributed by atoms with Crippen LogP contribution in [0.4, 0.5) is 0 Å². The average molecular weight is 258 g/mol. The molecular weight excluding hydrogens is 242 g/mol. The minimum absolute atomic E-state index is 0. The van der Waals surface area contributed by atoms with E-state index in [1.54, 1.807) is 0 Å². The first-order valence-corrected chi connectivity index (χ1v) is 5.30. The Balaban J connectivity index is 0.00000144. The van der Waals surface area contributed by atoms with E-state index in [1.807, 2.05) is 42.3 Å². The van der Waals surface area contributed by atoms with Gasteiger partial charge in [-0.1, -0.05) is 30.3 Å². The molecule has 1 aromatic rings. The van der Waals surface area contributed by atoms with E-state index in [0.29, 0.717) is 6.61 Å². The van der Waals surface area contributed by atoms with Crippen LogP contribution in [0.15, 0.2) is 30.3 Å². The number of nitrogens with zero attached hydrogens (tertiary/aromatic N) is 1. The van der Waals surface area contributed by atoms with Gasteiger partial charge in [0.15, 0.2) is 6.10 Å². The first-order valence-electron chi connectivity index (χ1n) is 5.30. The second kappa shape index (κ2) is 6.00. The zero-order chi connectivity index (χ0) is 11.5. The molecule has 1 N–H and O–H groups in total. The maximum atomic E-state index is 11.1. The van der Waals surface area contributed by atoms with Crippen LogP contribution in [0.2, 0.25) is 0 Å². The van der Waals surface area contributed by atoms with Gasteiger partial charge in [0, 0.05) is 6.54 Å². The van der Waals surface area contributed by atoms with Gasteiger partial charge in [-0.2, -0.15) is 0 Å². The van der Waals surface area contributed by atoms with Crippen LogP contribution in [0.3, 0.4) is 0 Å². The monoisotopic (exact) mass is 257 g/mol. The van der Waals surface area contributed by atoms with E-state index in [9.17, 15) is 4.79 Å². The average Bonchev–Trinajstić information content (AvgIpc) is 2.29. The number of likely N-dealkylation sites (N-methyl/N-ethyl adjacent to an activating group) is 1. The quantitative estimate of drug-likeness (QED) is 0.874. The van der Waals surface area contributed by atoms with Gasteiger partial charge in [0.1, 0.15) is 0 Å². The summed E-state index contributed by atoms with van der Waals surface area (Å²) in [5, 5.41) is 9.14. The first kappa shape index (κ1) is 14.0. The van der Waals surface area contributed by atoms with Crippen LogP contribution < -0.4 is 0 Å². The first-order chi connectivity index (χ1) is 7.70. The van der Waals surface area contributed by atoms with Gasteiger partial charge in [0.2, 0.25) is 0 Å². The summed E-state index contributed by atoms with van der Waals surface area (Å²) in [6, 6.07) is 9.42. The molecule has 2 unspecified atom stereocenters. The van der Waals surface area contributed by atoms with Crippen molar-refractivity contribution >= 4 is 18.4 Å². The van der Waals surface area contributed by atoms with Crippen LogP contribution in [0.25, 0.3) is 0 Å². The number of rotatable bonds is 2. The molecule has 1 aromatic carbocycles. The molecule has 1 fully saturated rings. The summed E-state index contributed by atoms with van der Waals surface area (Å²) >= 11 is 0. The molecule has 1 aliphatic rings. The van der Waals surface area contributed by atoms with E-state index in [4.69, 9.17) is 9.84 Å². The van der Waals surface area contributed by atoms with Crippen molar-refractivity contribution in [3.63, 3.8) is 0 Å². The largest absolute Gasteiger partial charge is 0.479 e. The zero-order valence-electron chi connectivity index (χ0n) is 9.57. The highest BCUT2D eigenvalue weighted by molar-refractivity contribution is 5.85. The fraction of sp³-hybridized carbons (Fsp3) is 0.417. The van der Waals surface area contributed by atoms with Gasteiger partial charge >= 0.3 is 5.97 Å². The molecular formula is C12H16ClNO3. The summed E-state index contributed by atoms with van der Waals surface area (Å²) < 4.78 is 5.34. The molecule has 0 radical (unpaired) electrons. The van der Waals surface area contributed by atoms with Crippen LogP contribution in [0.1, 0.15) is 11.6 Å². The molecule has 2 atom stereocenters. The number of hydrogen-bond donors (Lipinski definition) is 1. The maximum absolute atomic E-state index is 11.1. The highest BCUT2D eigenvalue weighted by Gasteiger charge is 2.36. The lowest BCUT2D eigenvalue weighted by Crippen LogP contribution is -2.46. The Kier molecular flexibility index (Phi) is 4.93. The molecule has 17 heavy (non-hydrogen) atoms. The van der Waals surface area contributed by atoms with Crippen molar-refractivity contribution in [2.45, 2.75) is 12.1 Å². The Morgan fingerprint density at radius 3 is 2.65 bits per heavy atom. The van der Waals surface area contributed by atoms with Gasteiger partial charge in [-0.3, -0.25) is 4.90 Å². The second-order valence-electron chi connectivity index (χ2n) is 3.97. The summed E-state index contributed by atoms with van der Waals surface area (Å²) in [6.07, 6.45) is -0.777. The Morgan fingerprint density at radius 1 is 1.41 bits per heavy atom. The molecule has 0 amide bonds. The summed E-state index contributed by atoms with van der Waals surface area (Å²) in [4.78, 5) is 13.2. The van der Waals surface area contributed by atoms with Gasteiger partial charge in [0.25, 0.3) is 0 Å². The van der Waals surface area contributed by atoms with E-state index in [0.717, 1.165) is 12.1 Å². The molecule has 1 heterocycles. The molecule has 0 bridgehead atoms. The van der Waals surface area contributed by atoms with E-state index >= 15 is 0 Å². The number of aliphatic carboxylic acids is 1. The van der Waals surface area contributed by atoms with Gasteiger partial charge < -0.3 is 9.84 Å². The van der Waals surface area contributed by atoms with Crippen LogP contribution in [0, 0.1) is 0 Å². The molecule has 0 aromatic heterocycles. The molecule has 2 rings (SSSR count). The number of hydrogen-bond acceptors (Lipinski definition) is 3. The zero-order valence-corrected chi connectivity index (χ0v) is 10.4. The standard InChI is InChI=1S/C12H15NO3.ClH/c1-13-7-8-16-11(12(14)15)10(13)9-5-3-2-4-6-9;/h2-6,10-11H,7-8H2,1H3,(H,14,15);1H. The van der Waals surface area contributed by atoms with Crippen LogP contribution in [-0.4, -0.2) is 42.3 Å². The predicted octanol–water partition coefficient (Wildman–Crippen LogP) is 1.56. The van der Waals surface area contributed by atoms with Gasteiger partial charge in [-0.15, -0.1) is 12.4 Å². The van der Waals surface area contributed by atoms with Crippen molar-refractivity contribution in [3.8, 4) is 0 Å². The lowest BCUT2D eigenvalue weighted by Gasteiger charge is -2.37.